The first-order valence-electron chi connectivity index (χ1n) is 1.95. The Labute approximate surface area is 44.2 Å². The van der Waals surface area contributed by atoms with E-state index in [0.29, 0.717) is 0 Å². The van der Waals surface area contributed by atoms with E-state index < -0.39 is 8.80 Å². The third kappa shape index (κ3) is 2.75. The van der Waals surface area contributed by atoms with Crippen molar-refractivity contribution in [1.29, 1.82) is 0 Å². The summed E-state index contributed by atoms with van der Waals surface area (Å²) in [6, 6.07) is 0. The SMILES string of the molecule is CO[Si](C)(O)OC. The Kier molecular flexibility index (Phi) is 2.45. The fourth-order valence-corrected chi connectivity index (χ4v) is 0.250. The van der Waals surface area contributed by atoms with E-state index in [4.69, 9.17) is 4.80 Å². The molecule has 7 heavy (non-hydrogen) atoms. The topological polar surface area (TPSA) is 38.7 Å². The predicted octanol–water partition coefficient (Wildman–Crippen LogP) is -0.160. The second-order valence-corrected chi connectivity index (χ2v) is 3.92. The van der Waals surface area contributed by atoms with Crippen LogP contribution in [-0.2, 0) is 8.85 Å². The third-order valence-corrected chi connectivity index (χ3v) is 2.27. The van der Waals surface area contributed by atoms with Gasteiger partial charge < -0.3 is 13.6 Å². The van der Waals surface area contributed by atoms with E-state index >= 15 is 0 Å². The molecule has 0 bridgehead atoms. The molecule has 0 fully saturated rings. The molecule has 0 radical (unpaired) electrons. The molecule has 0 aliphatic heterocycles. The van der Waals surface area contributed by atoms with Crippen LogP contribution in [0.1, 0.15) is 0 Å². The van der Waals surface area contributed by atoms with E-state index in [0.717, 1.165) is 0 Å². The highest BCUT2D eigenvalue weighted by Gasteiger charge is 2.25. The summed E-state index contributed by atoms with van der Waals surface area (Å²) in [6.07, 6.45) is 0. The lowest BCUT2D eigenvalue weighted by Gasteiger charge is -2.12. The van der Waals surface area contributed by atoms with Gasteiger partial charge in [0.05, 0.1) is 0 Å². The maximum Gasteiger partial charge on any atom is 0.494 e. The zero-order valence-corrected chi connectivity index (χ0v) is 5.76. The standard InChI is InChI=1S/C3H10O3Si/c1-5-7(3,4)6-2/h4H,1-3H3. The molecule has 44 valence electrons. The van der Waals surface area contributed by atoms with Gasteiger partial charge in [-0.3, -0.25) is 0 Å². The molecule has 0 atom stereocenters. The largest absolute Gasteiger partial charge is 0.494 e. The fraction of sp³-hybridized carbons (Fsp3) is 1.00. The average Bonchev–Trinajstić information content (AvgIpc) is 1.68. The Morgan fingerprint density at radius 1 is 1.29 bits per heavy atom. The molecule has 0 aromatic heterocycles. The molecular weight excluding hydrogens is 112 g/mol. The molecule has 0 spiro atoms. The van der Waals surface area contributed by atoms with Gasteiger partial charge in [0.2, 0.25) is 0 Å². The van der Waals surface area contributed by atoms with Crippen molar-refractivity contribution in [2.45, 2.75) is 6.55 Å². The molecule has 0 aliphatic carbocycles. The molecule has 4 heteroatoms. The van der Waals surface area contributed by atoms with Crippen molar-refractivity contribution in [3.63, 3.8) is 0 Å². The van der Waals surface area contributed by atoms with Gasteiger partial charge in [0, 0.05) is 20.8 Å². The first kappa shape index (κ1) is 7.10. The Hall–Kier alpha value is 0.0969. The van der Waals surface area contributed by atoms with Gasteiger partial charge in [-0.05, 0) is 0 Å². The summed E-state index contributed by atoms with van der Waals surface area (Å²) >= 11 is 0. The summed E-state index contributed by atoms with van der Waals surface area (Å²) in [5.41, 5.74) is 0. The van der Waals surface area contributed by atoms with Crippen LogP contribution in [0.25, 0.3) is 0 Å². The van der Waals surface area contributed by atoms with E-state index in [1.165, 1.54) is 14.2 Å². The van der Waals surface area contributed by atoms with Crippen molar-refractivity contribution >= 4 is 8.80 Å². The van der Waals surface area contributed by atoms with Crippen LogP contribution in [0.4, 0.5) is 0 Å². The summed E-state index contributed by atoms with van der Waals surface area (Å²) in [5, 5.41) is 0. The molecule has 3 nitrogen and oxygen atoms in total. The van der Waals surface area contributed by atoms with Gasteiger partial charge in [-0.1, -0.05) is 0 Å². The molecule has 0 saturated carbocycles. The van der Waals surface area contributed by atoms with Gasteiger partial charge in [-0.15, -0.1) is 0 Å². The zero-order valence-electron chi connectivity index (χ0n) is 4.76. The van der Waals surface area contributed by atoms with Crippen molar-refractivity contribution in [2.75, 3.05) is 14.2 Å². The zero-order chi connectivity index (χ0) is 5.91. The lowest BCUT2D eigenvalue weighted by molar-refractivity contribution is 0.160. The molecule has 0 aromatic carbocycles. The fourth-order valence-electron chi connectivity index (χ4n) is 0.0833. The monoisotopic (exact) mass is 122 g/mol. The van der Waals surface area contributed by atoms with Crippen LogP contribution in [0.15, 0.2) is 0 Å². The van der Waals surface area contributed by atoms with Crippen LogP contribution in [0.3, 0.4) is 0 Å². The third-order valence-electron chi connectivity index (χ3n) is 0.757. The van der Waals surface area contributed by atoms with Crippen molar-refractivity contribution in [2.24, 2.45) is 0 Å². The van der Waals surface area contributed by atoms with E-state index in [9.17, 15) is 0 Å². The Balaban J connectivity index is 3.36. The molecule has 0 aromatic rings. The highest BCUT2D eigenvalue weighted by atomic mass is 28.4. The average molecular weight is 122 g/mol. The molecular formula is C3H10O3Si. The molecule has 0 amide bonds. The van der Waals surface area contributed by atoms with Crippen LogP contribution >= 0.6 is 0 Å². The minimum atomic E-state index is -2.65. The molecule has 0 saturated heterocycles. The quantitative estimate of drug-likeness (QED) is 0.517. The predicted molar refractivity (Wildman–Crippen MR) is 27.9 cm³/mol. The molecule has 0 unspecified atom stereocenters. The molecule has 1 N–H and O–H groups in total. The van der Waals surface area contributed by atoms with Crippen molar-refractivity contribution in [1.82, 2.24) is 0 Å². The van der Waals surface area contributed by atoms with Crippen molar-refractivity contribution in [3.05, 3.63) is 0 Å². The second kappa shape index (κ2) is 2.42. The maximum absolute atomic E-state index is 8.83. The Bertz CT molecular complexity index is 48.1. The van der Waals surface area contributed by atoms with E-state index in [1.54, 1.807) is 6.55 Å². The Morgan fingerprint density at radius 2 is 1.57 bits per heavy atom. The lowest BCUT2D eigenvalue weighted by atomic mass is 11.8. The van der Waals surface area contributed by atoms with Crippen LogP contribution in [0.5, 0.6) is 0 Å². The molecule has 0 heterocycles. The van der Waals surface area contributed by atoms with Gasteiger partial charge >= 0.3 is 8.80 Å². The molecule has 0 rings (SSSR count). The van der Waals surface area contributed by atoms with E-state index in [1.807, 2.05) is 0 Å². The number of hydrogen-bond donors (Lipinski definition) is 1. The normalized spacial score (nSPS) is 12.0. The molecule has 0 aliphatic rings. The Morgan fingerprint density at radius 3 is 1.57 bits per heavy atom. The second-order valence-electron chi connectivity index (χ2n) is 1.31. The smallest absolute Gasteiger partial charge is 0.390 e. The summed E-state index contributed by atoms with van der Waals surface area (Å²) in [4.78, 5) is 8.83. The first-order valence-corrected chi connectivity index (χ1v) is 4.21. The van der Waals surface area contributed by atoms with Gasteiger partial charge in [0.1, 0.15) is 0 Å². The van der Waals surface area contributed by atoms with E-state index in [-0.39, 0.29) is 0 Å². The minimum Gasteiger partial charge on any atom is -0.390 e. The highest BCUT2D eigenvalue weighted by Crippen LogP contribution is 1.94. The maximum atomic E-state index is 8.83. The van der Waals surface area contributed by atoms with Crippen LogP contribution in [-0.4, -0.2) is 27.8 Å². The van der Waals surface area contributed by atoms with Crippen LogP contribution in [0.2, 0.25) is 6.55 Å². The van der Waals surface area contributed by atoms with E-state index in [2.05, 4.69) is 8.85 Å². The van der Waals surface area contributed by atoms with Gasteiger partial charge in [-0.25, -0.2) is 0 Å². The minimum absolute atomic E-state index is 1.43. The summed E-state index contributed by atoms with van der Waals surface area (Å²) in [5.74, 6) is 0. The van der Waals surface area contributed by atoms with Crippen molar-refractivity contribution < 1.29 is 13.6 Å². The first-order chi connectivity index (χ1) is 3.12. The van der Waals surface area contributed by atoms with Crippen LogP contribution in [0, 0.1) is 0 Å². The van der Waals surface area contributed by atoms with Crippen molar-refractivity contribution in [3.8, 4) is 0 Å². The number of rotatable bonds is 2. The van der Waals surface area contributed by atoms with Gasteiger partial charge in [0.15, 0.2) is 0 Å². The highest BCUT2D eigenvalue weighted by molar-refractivity contribution is 6.57. The van der Waals surface area contributed by atoms with Gasteiger partial charge in [-0.2, -0.15) is 0 Å². The summed E-state index contributed by atoms with van der Waals surface area (Å²) in [6.45, 7) is 1.55. The van der Waals surface area contributed by atoms with Gasteiger partial charge in [0.25, 0.3) is 0 Å². The summed E-state index contributed by atoms with van der Waals surface area (Å²) < 4.78 is 9.12. The number of hydrogen-bond acceptors (Lipinski definition) is 3. The van der Waals surface area contributed by atoms with Crippen LogP contribution < -0.4 is 0 Å². The summed E-state index contributed by atoms with van der Waals surface area (Å²) in [7, 11) is 0.201. The lowest BCUT2D eigenvalue weighted by Crippen LogP contribution is -2.35.